The Morgan fingerprint density at radius 2 is 1.64 bits per heavy atom. The molecule has 3 amide bonds. The van der Waals surface area contributed by atoms with E-state index in [0.29, 0.717) is 18.9 Å². The number of rotatable bonds is 14. The van der Waals surface area contributed by atoms with Gasteiger partial charge in [0, 0.05) is 12.6 Å². The first-order chi connectivity index (χ1) is 23.7. The minimum Gasteiger partial charge on any atom is -0.481 e. The van der Waals surface area contributed by atoms with Gasteiger partial charge in [-0.05, 0) is 42.9 Å². The SMILES string of the molecule is CC(C)[C@H](NC(=O)OCc1ccccc1)C(=O)N1CCCCC1C(=O)N[C@H](CC(=O)O)C(=O)COc1cc(C(F)(F)F)nn1-c1ccccc1. The van der Waals surface area contributed by atoms with Gasteiger partial charge in [-0.3, -0.25) is 19.2 Å². The van der Waals surface area contributed by atoms with Crippen LogP contribution >= 0.6 is 0 Å². The maximum absolute atomic E-state index is 13.7. The quantitative estimate of drug-likeness (QED) is 0.224. The zero-order valence-corrected chi connectivity index (χ0v) is 27.4. The molecule has 3 atom stereocenters. The molecule has 16 heteroatoms. The fourth-order valence-electron chi connectivity index (χ4n) is 5.34. The third-order valence-electron chi connectivity index (χ3n) is 7.92. The first-order valence-corrected chi connectivity index (χ1v) is 15.9. The third-order valence-corrected chi connectivity index (χ3v) is 7.92. The number of nitrogens with one attached hydrogen (secondary N) is 2. The van der Waals surface area contributed by atoms with Crippen LogP contribution in [0.3, 0.4) is 0 Å². The van der Waals surface area contributed by atoms with Crippen molar-refractivity contribution in [2.75, 3.05) is 13.2 Å². The highest BCUT2D eigenvalue weighted by atomic mass is 19.4. The highest BCUT2D eigenvalue weighted by Crippen LogP contribution is 2.32. The van der Waals surface area contributed by atoms with E-state index in [1.807, 2.05) is 6.07 Å². The number of carbonyl (C=O) groups is 5. The summed E-state index contributed by atoms with van der Waals surface area (Å²) in [6, 6.07) is 13.4. The van der Waals surface area contributed by atoms with Crippen LogP contribution in [-0.2, 0) is 36.7 Å². The van der Waals surface area contributed by atoms with E-state index in [-0.39, 0.29) is 25.3 Å². The molecule has 0 spiro atoms. The number of hydrogen-bond acceptors (Lipinski definition) is 8. The molecule has 0 saturated carbocycles. The summed E-state index contributed by atoms with van der Waals surface area (Å²) in [7, 11) is 0. The van der Waals surface area contributed by atoms with Gasteiger partial charge in [0.05, 0.1) is 12.1 Å². The Morgan fingerprint density at radius 1 is 0.980 bits per heavy atom. The predicted molar refractivity (Wildman–Crippen MR) is 171 cm³/mol. The van der Waals surface area contributed by atoms with Crippen LogP contribution in [-0.4, -0.2) is 80.7 Å². The molecule has 50 heavy (non-hydrogen) atoms. The van der Waals surface area contributed by atoms with E-state index in [9.17, 15) is 42.3 Å². The van der Waals surface area contributed by atoms with Crippen molar-refractivity contribution in [1.29, 1.82) is 0 Å². The summed E-state index contributed by atoms with van der Waals surface area (Å²) in [6.07, 6.45) is -5.21. The minimum atomic E-state index is -4.82. The number of alkyl carbamates (subject to hydrolysis) is 1. The smallest absolute Gasteiger partial charge is 0.435 e. The number of para-hydroxylation sites is 1. The number of carboxylic acid groups (broad SMARTS) is 1. The second kappa shape index (κ2) is 16.8. The number of aliphatic carboxylic acids is 1. The first kappa shape index (κ1) is 37.4. The number of carbonyl (C=O) groups excluding carboxylic acids is 4. The number of amides is 3. The molecule has 1 unspecified atom stereocenters. The lowest BCUT2D eigenvalue weighted by Crippen LogP contribution is -2.60. The summed E-state index contributed by atoms with van der Waals surface area (Å²) >= 11 is 0. The molecule has 268 valence electrons. The van der Waals surface area contributed by atoms with E-state index in [1.165, 1.54) is 17.0 Å². The lowest BCUT2D eigenvalue weighted by atomic mass is 9.96. The normalized spacial score (nSPS) is 15.9. The summed E-state index contributed by atoms with van der Waals surface area (Å²) in [5.74, 6) is -4.58. The van der Waals surface area contributed by atoms with E-state index in [1.54, 1.807) is 56.3 Å². The van der Waals surface area contributed by atoms with Crippen molar-refractivity contribution in [3.8, 4) is 11.6 Å². The number of likely N-dealkylation sites (tertiary alicyclic amines) is 1. The highest BCUT2D eigenvalue weighted by molar-refractivity contribution is 5.96. The van der Waals surface area contributed by atoms with Crippen molar-refractivity contribution in [2.45, 2.75) is 70.4 Å². The van der Waals surface area contributed by atoms with Crippen LogP contribution in [0.2, 0.25) is 0 Å². The summed E-state index contributed by atoms with van der Waals surface area (Å²) in [5, 5.41) is 18.0. The van der Waals surface area contributed by atoms with Crippen molar-refractivity contribution in [2.24, 2.45) is 5.92 Å². The van der Waals surface area contributed by atoms with Crippen LogP contribution in [0, 0.1) is 5.92 Å². The van der Waals surface area contributed by atoms with Gasteiger partial charge in [0.15, 0.2) is 18.1 Å². The number of ether oxygens (including phenoxy) is 2. The number of halogens is 3. The maximum atomic E-state index is 13.7. The van der Waals surface area contributed by atoms with Crippen LogP contribution in [0.15, 0.2) is 66.7 Å². The van der Waals surface area contributed by atoms with Crippen molar-refractivity contribution in [3.63, 3.8) is 0 Å². The van der Waals surface area contributed by atoms with Gasteiger partial charge in [0.25, 0.3) is 0 Å². The second-order valence-electron chi connectivity index (χ2n) is 12.0. The van der Waals surface area contributed by atoms with Gasteiger partial charge in [-0.25, -0.2) is 9.48 Å². The molecule has 0 aliphatic carbocycles. The van der Waals surface area contributed by atoms with E-state index < -0.39 is 84.5 Å². The highest BCUT2D eigenvalue weighted by Gasteiger charge is 2.39. The fourth-order valence-corrected chi connectivity index (χ4v) is 5.34. The molecule has 0 bridgehead atoms. The Morgan fingerprint density at radius 3 is 2.26 bits per heavy atom. The topological polar surface area (TPSA) is 169 Å². The van der Waals surface area contributed by atoms with Crippen molar-refractivity contribution >= 4 is 29.7 Å². The third kappa shape index (κ3) is 10.1. The van der Waals surface area contributed by atoms with Crippen molar-refractivity contribution in [1.82, 2.24) is 25.3 Å². The van der Waals surface area contributed by atoms with Crippen LogP contribution in [0.4, 0.5) is 18.0 Å². The van der Waals surface area contributed by atoms with Gasteiger partial charge in [-0.15, -0.1) is 0 Å². The average Bonchev–Trinajstić information content (AvgIpc) is 3.54. The number of hydrogen-bond donors (Lipinski definition) is 3. The van der Waals surface area contributed by atoms with Gasteiger partial charge >= 0.3 is 18.2 Å². The molecule has 1 aliphatic heterocycles. The molecule has 3 N–H and O–H groups in total. The van der Waals surface area contributed by atoms with Crippen molar-refractivity contribution < 1.29 is 51.7 Å². The summed E-state index contributed by atoms with van der Waals surface area (Å²) in [6.45, 7) is 2.66. The molecule has 2 heterocycles. The van der Waals surface area contributed by atoms with Gasteiger partial charge in [-0.2, -0.15) is 18.3 Å². The van der Waals surface area contributed by atoms with Crippen molar-refractivity contribution in [3.05, 3.63) is 78.0 Å². The lowest BCUT2D eigenvalue weighted by molar-refractivity contribution is -0.146. The Hall–Kier alpha value is -5.41. The first-order valence-electron chi connectivity index (χ1n) is 15.9. The monoisotopic (exact) mass is 701 g/mol. The number of benzene rings is 2. The Bertz CT molecular complexity index is 1650. The molecule has 4 rings (SSSR count). The van der Waals surface area contributed by atoms with Crippen LogP contribution in [0.5, 0.6) is 5.88 Å². The summed E-state index contributed by atoms with van der Waals surface area (Å²) < 4.78 is 51.9. The Kier molecular flexibility index (Phi) is 12.6. The molecule has 1 aliphatic rings. The zero-order chi connectivity index (χ0) is 36.4. The zero-order valence-electron chi connectivity index (χ0n) is 27.4. The van der Waals surface area contributed by atoms with Gasteiger partial charge in [-0.1, -0.05) is 62.4 Å². The molecular formula is C34H38F3N5O8. The number of Topliss-reactive ketones (excluding diaryl/α,β-unsaturated/α-hetero) is 1. The number of nitrogens with zero attached hydrogens (tertiary/aromatic N) is 3. The number of aromatic nitrogens is 2. The Balaban J connectivity index is 1.45. The molecule has 3 aromatic rings. The number of carboxylic acids is 1. The lowest BCUT2D eigenvalue weighted by Gasteiger charge is -2.38. The van der Waals surface area contributed by atoms with Gasteiger partial charge in [0.2, 0.25) is 17.7 Å². The summed E-state index contributed by atoms with van der Waals surface area (Å²) in [4.78, 5) is 66.1. The minimum absolute atomic E-state index is 0.0266. The van der Waals surface area contributed by atoms with Crippen LogP contribution in [0.1, 0.15) is 50.8 Å². The second-order valence-corrected chi connectivity index (χ2v) is 12.0. The number of ketones is 1. The average molecular weight is 702 g/mol. The van der Waals surface area contributed by atoms with E-state index in [0.717, 1.165) is 10.2 Å². The van der Waals surface area contributed by atoms with E-state index in [4.69, 9.17) is 9.47 Å². The Labute approximate surface area is 285 Å². The largest absolute Gasteiger partial charge is 0.481 e. The predicted octanol–water partition coefficient (Wildman–Crippen LogP) is 4.13. The molecule has 13 nitrogen and oxygen atoms in total. The van der Waals surface area contributed by atoms with Crippen LogP contribution in [0.25, 0.3) is 5.69 Å². The standard InChI is InChI=1S/C34H38F3N5O8/c1-21(2)30(39-33(48)50-19-22-11-5-3-6-12-22)32(47)41-16-10-9-15-25(41)31(46)38-24(17-29(44)45)26(43)20-49-28-18-27(34(35,36)37)40-42(28)23-13-7-4-8-14-23/h3-8,11-14,18,21,24-25,30H,9-10,15-17,19-20H2,1-2H3,(H,38,46)(H,39,48)(H,44,45)/t24-,25?,30+/m1/s1. The fraction of sp³-hybridized carbons (Fsp3) is 0.412. The van der Waals surface area contributed by atoms with Gasteiger partial charge in [0.1, 0.15) is 24.7 Å². The molecular weight excluding hydrogens is 663 g/mol. The summed E-state index contributed by atoms with van der Waals surface area (Å²) in [5.41, 5.74) is -0.326. The molecule has 2 aromatic carbocycles. The maximum Gasteiger partial charge on any atom is 0.435 e. The number of piperidine rings is 1. The molecule has 1 saturated heterocycles. The molecule has 1 aromatic heterocycles. The van der Waals surface area contributed by atoms with E-state index >= 15 is 0 Å². The number of alkyl halides is 3. The van der Waals surface area contributed by atoms with E-state index in [2.05, 4.69) is 15.7 Å². The molecule has 0 radical (unpaired) electrons. The van der Waals surface area contributed by atoms with Crippen LogP contribution < -0.4 is 15.4 Å². The van der Waals surface area contributed by atoms with Gasteiger partial charge < -0.3 is 30.1 Å². The molecule has 1 fully saturated rings.